The molecule has 2 heteroatoms. The summed E-state index contributed by atoms with van der Waals surface area (Å²) < 4.78 is 1.36. The van der Waals surface area contributed by atoms with E-state index in [0.717, 1.165) is 0 Å². The average Bonchev–Trinajstić information content (AvgIpc) is 3.71. The standard InChI is InChI=1S/C58H45NS/c1-37-50-48-25-15-16-26-49(48)60-55(50)58(4)54-51(37)56(2,42-19-9-6-10-20-42)35-36-57(54,3)52-46-23-13-11-21-44(46)45-22-12-14-24-47(45)53(52)59(58)43-33-31-41(32-34-43)40-29-27-39(28-30-40)38-17-7-5-8-18-38/h5-37H,1-4H3. The smallest absolute Gasteiger partial charge is 0.0997 e. The molecule has 60 heavy (non-hydrogen) atoms. The summed E-state index contributed by atoms with van der Waals surface area (Å²) >= 11 is 2.00. The Morgan fingerprint density at radius 1 is 0.467 bits per heavy atom. The molecule has 4 atom stereocenters. The SMILES string of the molecule is CC1C2=C3C(C)(C=CC2(C)c2ccccc2)c2c(c4ccccc4c4ccccc24)N(c2ccc(-c4ccc(-c5ccccc5)cc4)cc2)C3(C)c2sc3ccccc3c21. The van der Waals surface area contributed by atoms with E-state index in [1.165, 1.54) is 98.0 Å². The van der Waals surface area contributed by atoms with Crippen LogP contribution in [-0.2, 0) is 16.4 Å². The molecule has 0 N–H and O–H groups in total. The number of thiophene rings is 1. The number of rotatable bonds is 4. The molecule has 0 fully saturated rings. The molecular weight excluding hydrogens is 743 g/mol. The van der Waals surface area contributed by atoms with Crippen molar-refractivity contribution in [1.82, 2.24) is 0 Å². The second kappa shape index (κ2) is 12.8. The lowest BCUT2D eigenvalue weighted by Gasteiger charge is -2.61. The van der Waals surface area contributed by atoms with Gasteiger partial charge in [-0.05, 0) is 111 Å². The van der Waals surface area contributed by atoms with E-state index in [4.69, 9.17) is 0 Å². The van der Waals surface area contributed by atoms with E-state index in [2.05, 4.69) is 227 Å². The third kappa shape index (κ3) is 4.69. The molecule has 1 aliphatic heterocycles. The molecule has 0 radical (unpaired) electrons. The lowest BCUT2D eigenvalue weighted by atomic mass is 9.50. The van der Waals surface area contributed by atoms with E-state index in [1.807, 2.05) is 11.3 Å². The summed E-state index contributed by atoms with van der Waals surface area (Å²) in [4.78, 5) is 4.23. The van der Waals surface area contributed by atoms with Gasteiger partial charge >= 0.3 is 0 Å². The number of anilines is 2. The number of hydrogen-bond donors (Lipinski definition) is 0. The van der Waals surface area contributed by atoms with Crippen molar-refractivity contribution in [3.63, 3.8) is 0 Å². The Labute approximate surface area is 356 Å². The highest BCUT2D eigenvalue weighted by Gasteiger charge is 2.61. The van der Waals surface area contributed by atoms with Crippen molar-refractivity contribution < 1.29 is 0 Å². The summed E-state index contributed by atoms with van der Waals surface area (Å²) in [6.07, 6.45) is 5.17. The van der Waals surface area contributed by atoms with Crippen molar-refractivity contribution in [1.29, 1.82) is 0 Å². The molecule has 9 aromatic rings. The normalized spacial score (nSPS) is 22.9. The maximum atomic E-state index is 2.78. The molecule has 4 unspecified atom stereocenters. The maximum Gasteiger partial charge on any atom is 0.0997 e. The van der Waals surface area contributed by atoms with Gasteiger partial charge in [0.05, 0.1) is 11.2 Å². The van der Waals surface area contributed by atoms with Crippen LogP contribution in [0.5, 0.6) is 0 Å². The number of nitrogens with zero attached hydrogens (tertiary/aromatic N) is 1. The molecule has 3 aliphatic rings. The van der Waals surface area contributed by atoms with Crippen molar-refractivity contribution >= 4 is 54.3 Å². The molecule has 0 spiro atoms. The van der Waals surface area contributed by atoms with Crippen LogP contribution in [0.2, 0.25) is 0 Å². The van der Waals surface area contributed by atoms with Gasteiger partial charge in [-0.2, -0.15) is 0 Å². The predicted molar refractivity (Wildman–Crippen MR) is 256 cm³/mol. The van der Waals surface area contributed by atoms with Gasteiger partial charge in [-0.25, -0.2) is 0 Å². The highest BCUT2D eigenvalue weighted by molar-refractivity contribution is 7.19. The van der Waals surface area contributed by atoms with Crippen LogP contribution in [-0.4, -0.2) is 0 Å². The fourth-order valence-electron chi connectivity index (χ4n) is 11.8. The summed E-state index contributed by atoms with van der Waals surface area (Å²) in [5, 5.41) is 6.60. The number of benzene rings is 8. The molecule has 0 saturated carbocycles. The van der Waals surface area contributed by atoms with E-state index in [9.17, 15) is 0 Å². The fourth-order valence-corrected chi connectivity index (χ4v) is 13.3. The van der Waals surface area contributed by atoms with E-state index < -0.39 is 11.0 Å². The van der Waals surface area contributed by atoms with Crippen LogP contribution in [0.3, 0.4) is 0 Å². The predicted octanol–water partition coefficient (Wildman–Crippen LogP) is 15.8. The van der Waals surface area contributed by atoms with Crippen molar-refractivity contribution in [3.05, 3.63) is 227 Å². The number of hydrogen-bond acceptors (Lipinski definition) is 2. The maximum absolute atomic E-state index is 2.78. The topological polar surface area (TPSA) is 3.24 Å². The Kier molecular flexibility index (Phi) is 7.54. The van der Waals surface area contributed by atoms with Gasteiger partial charge in [0, 0.05) is 37.4 Å². The first-order chi connectivity index (χ1) is 29.3. The second-order valence-corrected chi connectivity index (χ2v) is 18.7. The molecular formula is C58H45NS. The van der Waals surface area contributed by atoms with E-state index >= 15 is 0 Å². The fraction of sp³-hybridized carbons (Fsp3) is 0.138. The Morgan fingerprint density at radius 3 is 1.60 bits per heavy atom. The monoisotopic (exact) mass is 787 g/mol. The zero-order chi connectivity index (χ0) is 40.4. The minimum Gasteiger partial charge on any atom is -0.326 e. The first-order valence-corrected chi connectivity index (χ1v) is 22.2. The van der Waals surface area contributed by atoms with E-state index in [0.29, 0.717) is 0 Å². The molecule has 0 saturated heterocycles. The van der Waals surface area contributed by atoms with Crippen molar-refractivity contribution in [2.24, 2.45) is 0 Å². The van der Waals surface area contributed by atoms with Crippen LogP contribution < -0.4 is 4.90 Å². The third-order valence-corrected chi connectivity index (χ3v) is 15.8. The Bertz CT molecular complexity index is 3240. The largest absolute Gasteiger partial charge is 0.326 e. The van der Waals surface area contributed by atoms with Gasteiger partial charge in [0.15, 0.2) is 0 Å². The summed E-state index contributed by atoms with van der Waals surface area (Å²) in [7, 11) is 0. The summed E-state index contributed by atoms with van der Waals surface area (Å²) in [6.45, 7) is 10.1. The highest BCUT2D eigenvalue weighted by Crippen LogP contribution is 2.70. The molecule has 1 aromatic heterocycles. The quantitative estimate of drug-likeness (QED) is 0.127. The van der Waals surface area contributed by atoms with Gasteiger partial charge in [0.2, 0.25) is 0 Å². The lowest BCUT2D eigenvalue weighted by molar-refractivity contribution is 0.410. The third-order valence-electron chi connectivity index (χ3n) is 14.4. The van der Waals surface area contributed by atoms with E-state index in [-0.39, 0.29) is 11.3 Å². The van der Waals surface area contributed by atoms with E-state index in [1.54, 1.807) is 0 Å². The summed E-state index contributed by atoms with van der Waals surface area (Å²) in [6, 6.07) is 67.8. The van der Waals surface area contributed by atoms with Crippen LogP contribution in [0.25, 0.3) is 53.9 Å². The Balaban J connectivity index is 1.19. The van der Waals surface area contributed by atoms with Gasteiger partial charge in [-0.1, -0.05) is 183 Å². The zero-order valence-electron chi connectivity index (χ0n) is 34.4. The van der Waals surface area contributed by atoms with Gasteiger partial charge in [0.1, 0.15) is 0 Å². The average molecular weight is 788 g/mol. The molecule has 288 valence electrons. The van der Waals surface area contributed by atoms with Crippen LogP contribution in [0.4, 0.5) is 11.4 Å². The summed E-state index contributed by atoms with van der Waals surface area (Å²) in [5.74, 6) is 0.199. The van der Waals surface area contributed by atoms with Gasteiger partial charge < -0.3 is 4.90 Å². The Morgan fingerprint density at radius 2 is 0.950 bits per heavy atom. The van der Waals surface area contributed by atoms with Gasteiger partial charge in [-0.15, -0.1) is 11.3 Å². The minimum absolute atomic E-state index is 0.199. The number of allylic oxidation sites excluding steroid dienone is 3. The van der Waals surface area contributed by atoms with Crippen LogP contribution in [0.1, 0.15) is 55.2 Å². The molecule has 12 rings (SSSR count). The first kappa shape index (κ1) is 35.5. The van der Waals surface area contributed by atoms with Gasteiger partial charge in [0.25, 0.3) is 0 Å². The first-order valence-electron chi connectivity index (χ1n) is 21.3. The molecule has 2 aliphatic carbocycles. The van der Waals surface area contributed by atoms with Crippen LogP contribution >= 0.6 is 11.3 Å². The molecule has 8 aromatic carbocycles. The van der Waals surface area contributed by atoms with Crippen LogP contribution in [0, 0.1) is 0 Å². The molecule has 2 heterocycles. The minimum atomic E-state index is -0.520. The number of fused-ring (bicyclic) bond motifs is 11. The van der Waals surface area contributed by atoms with Gasteiger partial charge in [-0.3, -0.25) is 0 Å². The highest BCUT2D eigenvalue weighted by atomic mass is 32.1. The zero-order valence-corrected chi connectivity index (χ0v) is 35.2. The summed E-state index contributed by atoms with van der Waals surface area (Å²) in [5.41, 5.74) is 13.4. The lowest BCUT2D eigenvalue weighted by Crippen LogP contribution is -2.57. The van der Waals surface area contributed by atoms with Crippen LogP contribution in [0.15, 0.2) is 205 Å². The molecule has 1 nitrogen and oxygen atoms in total. The van der Waals surface area contributed by atoms with Crippen molar-refractivity contribution in [2.75, 3.05) is 4.90 Å². The second-order valence-electron chi connectivity index (χ2n) is 17.7. The Hall–Kier alpha value is -6.48. The molecule has 0 bridgehead atoms. The van der Waals surface area contributed by atoms with Crippen molar-refractivity contribution in [2.45, 2.75) is 50.0 Å². The molecule has 0 amide bonds. The van der Waals surface area contributed by atoms with Crippen molar-refractivity contribution in [3.8, 4) is 22.3 Å².